The highest BCUT2D eigenvalue weighted by atomic mass is 16.6. The predicted molar refractivity (Wildman–Crippen MR) is 171 cm³/mol. The SMILES string of the molecule is CC1(C)CCCOB(c2ccc(-c3nc4c5ccc6ccccc6c5ccc4n3-c3ccccc3)cc2)OC1(C)C. The highest BCUT2D eigenvalue weighted by Gasteiger charge is 2.42. The van der Waals surface area contributed by atoms with E-state index in [1.807, 2.05) is 0 Å². The zero-order valence-corrected chi connectivity index (χ0v) is 24.2. The van der Waals surface area contributed by atoms with Gasteiger partial charge in [-0.05, 0) is 71.9 Å². The van der Waals surface area contributed by atoms with Crippen molar-refractivity contribution in [2.24, 2.45) is 5.41 Å². The van der Waals surface area contributed by atoms with Crippen molar-refractivity contribution in [3.05, 3.63) is 103 Å². The van der Waals surface area contributed by atoms with E-state index >= 15 is 0 Å². The van der Waals surface area contributed by atoms with Gasteiger partial charge in [0.2, 0.25) is 0 Å². The molecule has 2 heterocycles. The molecule has 0 spiro atoms. The van der Waals surface area contributed by atoms with Gasteiger partial charge >= 0.3 is 7.12 Å². The Morgan fingerprint density at radius 1 is 0.732 bits per heavy atom. The number of benzene rings is 5. The molecule has 1 fully saturated rings. The molecule has 0 amide bonds. The van der Waals surface area contributed by atoms with Crippen LogP contribution in [0.4, 0.5) is 0 Å². The van der Waals surface area contributed by atoms with E-state index in [0.29, 0.717) is 6.61 Å². The molecule has 4 nitrogen and oxygen atoms in total. The summed E-state index contributed by atoms with van der Waals surface area (Å²) >= 11 is 0. The molecular formula is C36H35BN2O2. The Bertz CT molecular complexity index is 1870. The zero-order chi connectivity index (χ0) is 28.2. The first kappa shape index (κ1) is 26.0. The standard InChI is InChI=1S/C36H35BN2O2/c1-35(2)23-10-24-40-37(41-36(35,3)4)27-18-15-26(16-19-27)34-38-33-31-20-17-25-11-8-9-14-29(25)30(31)21-22-32(33)39(34)28-12-6-5-7-13-28/h5-9,11-22H,10,23-24H2,1-4H3. The topological polar surface area (TPSA) is 36.3 Å². The van der Waals surface area contributed by atoms with Crippen LogP contribution in [0, 0.1) is 5.41 Å². The minimum Gasteiger partial charge on any atom is -0.407 e. The molecule has 7 rings (SSSR count). The fraction of sp³-hybridized carbons (Fsp3) is 0.250. The maximum atomic E-state index is 6.61. The molecule has 41 heavy (non-hydrogen) atoms. The van der Waals surface area contributed by atoms with Gasteiger partial charge in [-0.25, -0.2) is 4.98 Å². The third kappa shape index (κ3) is 4.44. The van der Waals surface area contributed by atoms with Crippen molar-refractivity contribution in [3.8, 4) is 17.1 Å². The van der Waals surface area contributed by atoms with Crippen LogP contribution in [-0.4, -0.2) is 28.9 Å². The van der Waals surface area contributed by atoms with Crippen LogP contribution in [0.15, 0.2) is 103 Å². The van der Waals surface area contributed by atoms with E-state index in [0.717, 1.165) is 51.8 Å². The summed E-state index contributed by atoms with van der Waals surface area (Å²) in [5.41, 5.74) is 5.00. The summed E-state index contributed by atoms with van der Waals surface area (Å²) in [6.45, 7) is 9.63. The molecular weight excluding hydrogens is 503 g/mol. The van der Waals surface area contributed by atoms with Crippen LogP contribution in [-0.2, 0) is 9.31 Å². The van der Waals surface area contributed by atoms with Crippen molar-refractivity contribution in [1.82, 2.24) is 9.55 Å². The number of rotatable bonds is 3. The number of nitrogens with zero attached hydrogens (tertiary/aromatic N) is 2. The summed E-state index contributed by atoms with van der Waals surface area (Å²) in [5, 5.41) is 4.87. The van der Waals surface area contributed by atoms with Crippen molar-refractivity contribution in [2.75, 3.05) is 6.61 Å². The van der Waals surface area contributed by atoms with Crippen LogP contribution >= 0.6 is 0 Å². The summed E-state index contributed by atoms with van der Waals surface area (Å²) < 4.78 is 15.1. The lowest BCUT2D eigenvalue weighted by Crippen LogP contribution is -2.52. The van der Waals surface area contributed by atoms with Crippen molar-refractivity contribution in [3.63, 3.8) is 0 Å². The third-order valence-electron chi connectivity index (χ3n) is 9.25. The zero-order valence-electron chi connectivity index (χ0n) is 24.2. The van der Waals surface area contributed by atoms with Gasteiger partial charge in [-0.15, -0.1) is 0 Å². The largest absolute Gasteiger partial charge is 0.494 e. The van der Waals surface area contributed by atoms with Gasteiger partial charge in [0.1, 0.15) is 5.82 Å². The first-order chi connectivity index (χ1) is 19.8. The number of imidazole rings is 1. The Kier molecular flexibility index (Phi) is 6.26. The van der Waals surface area contributed by atoms with Gasteiger partial charge in [-0.1, -0.05) is 98.8 Å². The van der Waals surface area contributed by atoms with Crippen molar-refractivity contribution in [1.29, 1.82) is 0 Å². The second-order valence-corrected chi connectivity index (χ2v) is 12.4. The van der Waals surface area contributed by atoms with Crippen molar-refractivity contribution < 1.29 is 9.31 Å². The quantitative estimate of drug-likeness (QED) is 0.168. The highest BCUT2D eigenvalue weighted by Crippen LogP contribution is 2.40. The van der Waals surface area contributed by atoms with Crippen LogP contribution in [0.1, 0.15) is 40.5 Å². The van der Waals surface area contributed by atoms with E-state index < -0.39 is 7.12 Å². The fourth-order valence-electron chi connectivity index (χ4n) is 6.08. The third-order valence-corrected chi connectivity index (χ3v) is 9.25. The predicted octanol–water partition coefficient (Wildman–Crippen LogP) is 8.33. The average molecular weight is 539 g/mol. The molecule has 1 aliphatic heterocycles. The lowest BCUT2D eigenvalue weighted by molar-refractivity contribution is -0.0484. The van der Waals surface area contributed by atoms with Gasteiger partial charge in [0, 0.05) is 23.2 Å². The minimum absolute atomic E-state index is 0.0591. The van der Waals surface area contributed by atoms with Crippen LogP contribution in [0.25, 0.3) is 49.7 Å². The van der Waals surface area contributed by atoms with Gasteiger partial charge in [0.25, 0.3) is 0 Å². The monoisotopic (exact) mass is 538 g/mol. The van der Waals surface area contributed by atoms with Crippen LogP contribution < -0.4 is 5.46 Å². The maximum Gasteiger partial charge on any atom is 0.494 e. The van der Waals surface area contributed by atoms with Crippen LogP contribution in [0.2, 0.25) is 0 Å². The van der Waals surface area contributed by atoms with E-state index in [2.05, 4.69) is 135 Å². The molecule has 0 atom stereocenters. The molecule has 0 N–H and O–H groups in total. The first-order valence-corrected chi connectivity index (χ1v) is 14.6. The molecule has 0 unspecified atom stereocenters. The number of para-hydroxylation sites is 1. The molecule has 0 radical (unpaired) electrons. The van der Waals surface area contributed by atoms with Gasteiger partial charge in [0.05, 0.1) is 16.6 Å². The lowest BCUT2D eigenvalue weighted by atomic mass is 9.69. The summed E-state index contributed by atoms with van der Waals surface area (Å²) in [7, 11) is -0.399. The molecule has 1 saturated heterocycles. The van der Waals surface area contributed by atoms with Crippen LogP contribution in [0.5, 0.6) is 0 Å². The van der Waals surface area contributed by atoms with Crippen LogP contribution in [0.3, 0.4) is 0 Å². The Morgan fingerprint density at radius 3 is 2.27 bits per heavy atom. The lowest BCUT2D eigenvalue weighted by Gasteiger charge is -2.45. The molecule has 0 saturated carbocycles. The second-order valence-electron chi connectivity index (χ2n) is 12.4. The molecule has 5 heteroatoms. The fourth-order valence-corrected chi connectivity index (χ4v) is 6.08. The van der Waals surface area contributed by atoms with Crippen molar-refractivity contribution in [2.45, 2.75) is 46.1 Å². The molecule has 0 aliphatic carbocycles. The van der Waals surface area contributed by atoms with E-state index in [-0.39, 0.29) is 11.0 Å². The number of aromatic nitrogens is 2. The number of hydrogen-bond donors (Lipinski definition) is 0. The second kappa shape index (κ2) is 9.86. The summed E-state index contributed by atoms with van der Waals surface area (Å²) in [4.78, 5) is 5.31. The van der Waals surface area contributed by atoms with E-state index in [9.17, 15) is 0 Å². The summed E-state index contributed by atoms with van der Waals surface area (Å²) in [6.07, 6.45) is 2.10. The van der Waals surface area contributed by atoms with Gasteiger partial charge in [0.15, 0.2) is 0 Å². The highest BCUT2D eigenvalue weighted by molar-refractivity contribution is 6.61. The van der Waals surface area contributed by atoms with E-state index in [1.165, 1.54) is 16.2 Å². The molecule has 204 valence electrons. The first-order valence-electron chi connectivity index (χ1n) is 14.6. The van der Waals surface area contributed by atoms with E-state index in [1.54, 1.807) is 0 Å². The Balaban J connectivity index is 1.36. The maximum absolute atomic E-state index is 6.61. The van der Waals surface area contributed by atoms with Gasteiger partial charge in [-0.3, -0.25) is 4.57 Å². The Morgan fingerprint density at radius 2 is 1.46 bits per heavy atom. The Labute approximate surface area is 242 Å². The molecule has 1 aromatic heterocycles. The molecule has 1 aliphatic rings. The van der Waals surface area contributed by atoms with Crippen molar-refractivity contribution >= 4 is 45.2 Å². The molecule has 0 bridgehead atoms. The number of hydrogen-bond acceptors (Lipinski definition) is 3. The number of fused-ring (bicyclic) bond motifs is 5. The average Bonchev–Trinajstić information content (AvgIpc) is 3.38. The molecule has 6 aromatic rings. The summed E-state index contributed by atoms with van der Waals surface area (Å²) in [6, 6.07) is 36.5. The smallest absolute Gasteiger partial charge is 0.407 e. The van der Waals surface area contributed by atoms with Gasteiger partial charge < -0.3 is 9.31 Å². The molecule has 5 aromatic carbocycles. The Hall–Kier alpha value is -3.93. The summed E-state index contributed by atoms with van der Waals surface area (Å²) in [5.74, 6) is 0.916. The van der Waals surface area contributed by atoms with E-state index in [4.69, 9.17) is 14.3 Å². The van der Waals surface area contributed by atoms with Gasteiger partial charge in [-0.2, -0.15) is 0 Å². The normalized spacial score (nSPS) is 17.1. The minimum atomic E-state index is -0.399.